The fraction of sp³-hybridized carbons (Fsp3) is 0.227. The van der Waals surface area contributed by atoms with Gasteiger partial charge in [0.25, 0.3) is 5.91 Å². The molecule has 8 nitrogen and oxygen atoms in total. The molecule has 0 atom stereocenters. The summed E-state index contributed by atoms with van der Waals surface area (Å²) in [6.45, 7) is 4.98. The van der Waals surface area contributed by atoms with Crippen LogP contribution in [0.1, 0.15) is 16.1 Å². The van der Waals surface area contributed by atoms with E-state index in [1.54, 1.807) is 19.1 Å². The fourth-order valence-corrected chi connectivity index (χ4v) is 3.63. The molecule has 152 valence electrons. The highest BCUT2D eigenvalue weighted by Crippen LogP contribution is 2.27. The molecule has 4 aromatic rings. The van der Waals surface area contributed by atoms with Crippen LogP contribution in [-0.2, 0) is 4.74 Å². The van der Waals surface area contributed by atoms with Crippen LogP contribution < -0.4 is 10.2 Å². The minimum atomic E-state index is -0.283. The molecule has 8 heteroatoms. The van der Waals surface area contributed by atoms with E-state index in [0.29, 0.717) is 22.7 Å². The second kappa shape index (κ2) is 7.64. The van der Waals surface area contributed by atoms with Gasteiger partial charge in [-0.1, -0.05) is 23.4 Å². The van der Waals surface area contributed by atoms with Gasteiger partial charge < -0.3 is 24.5 Å². The number of morpholine rings is 1. The number of rotatable bonds is 4. The maximum atomic E-state index is 12.8. The Bertz CT molecular complexity index is 1210. The zero-order chi connectivity index (χ0) is 20.5. The number of benzene rings is 2. The van der Waals surface area contributed by atoms with Gasteiger partial charge in [-0.3, -0.25) is 4.79 Å². The first-order chi connectivity index (χ1) is 14.7. The lowest BCUT2D eigenvalue weighted by Crippen LogP contribution is -2.36. The molecule has 3 heterocycles. The van der Waals surface area contributed by atoms with E-state index in [4.69, 9.17) is 14.2 Å². The van der Waals surface area contributed by atoms with E-state index in [1.165, 1.54) is 0 Å². The number of fused-ring (bicyclic) bond motifs is 1. The van der Waals surface area contributed by atoms with Gasteiger partial charge in [0.05, 0.1) is 24.3 Å². The number of para-hydroxylation sites is 1. The highest BCUT2D eigenvalue weighted by molar-refractivity contribution is 6.11. The summed E-state index contributed by atoms with van der Waals surface area (Å²) in [5.41, 5.74) is 3.98. The van der Waals surface area contributed by atoms with Crippen LogP contribution in [0.25, 0.3) is 22.4 Å². The molecule has 1 aliphatic rings. The first-order valence-electron chi connectivity index (χ1n) is 9.84. The Kier molecular flexibility index (Phi) is 4.68. The Morgan fingerprint density at radius 1 is 1.13 bits per heavy atom. The number of imidazole rings is 1. The first-order valence-corrected chi connectivity index (χ1v) is 9.84. The van der Waals surface area contributed by atoms with E-state index in [0.717, 1.165) is 48.9 Å². The molecule has 2 N–H and O–H groups in total. The highest BCUT2D eigenvalue weighted by atomic mass is 16.5. The second-order valence-corrected chi connectivity index (χ2v) is 7.21. The van der Waals surface area contributed by atoms with Crippen molar-refractivity contribution in [3.05, 3.63) is 59.9 Å². The number of hydrogen-bond acceptors (Lipinski definition) is 6. The summed E-state index contributed by atoms with van der Waals surface area (Å²) in [5.74, 6) is 1.45. The largest absolute Gasteiger partial charge is 0.378 e. The lowest BCUT2D eigenvalue weighted by atomic mass is 10.1. The molecule has 0 radical (unpaired) electrons. The van der Waals surface area contributed by atoms with Crippen LogP contribution in [0.3, 0.4) is 0 Å². The van der Waals surface area contributed by atoms with Crippen molar-refractivity contribution in [2.24, 2.45) is 0 Å². The average molecular weight is 403 g/mol. The van der Waals surface area contributed by atoms with Gasteiger partial charge in [0, 0.05) is 30.4 Å². The minimum Gasteiger partial charge on any atom is -0.378 e. The van der Waals surface area contributed by atoms with E-state index in [-0.39, 0.29) is 5.91 Å². The molecule has 0 bridgehead atoms. The lowest BCUT2D eigenvalue weighted by molar-refractivity contribution is 0.102. The molecule has 1 aliphatic heterocycles. The predicted octanol–water partition coefficient (Wildman–Crippen LogP) is 3.62. The van der Waals surface area contributed by atoms with Gasteiger partial charge in [0.15, 0.2) is 5.82 Å². The Balaban J connectivity index is 1.47. The van der Waals surface area contributed by atoms with Crippen LogP contribution in [0, 0.1) is 6.92 Å². The molecule has 1 amide bonds. The standard InChI is InChI=1S/C22H21N5O3/c1-14-12-19(26-30-14)24-22(28)17-6-3-7-18-20(17)25-21(23-18)15-4-2-5-16(13-15)27-8-10-29-11-9-27/h2-7,12-13H,8-11H2,1H3,(H,23,25)(H,24,26,28). The molecule has 0 spiro atoms. The van der Waals surface area contributed by atoms with Crippen molar-refractivity contribution in [2.75, 3.05) is 36.5 Å². The van der Waals surface area contributed by atoms with Crippen LogP contribution in [0.4, 0.5) is 11.5 Å². The minimum absolute atomic E-state index is 0.283. The van der Waals surface area contributed by atoms with Gasteiger partial charge >= 0.3 is 0 Å². The number of hydrogen-bond donors (Lipinski definition) is 2. The predicted molar refractivity (Wildman–Crippen MR) is 114 cm³/mol. The molecule has 0 unspecified atom stereocenters. The van der Waals surface area contributed by atoms with Crippen LogP contribution in [0.5, 0.6) is 0 Å². The molecule has 1 fully saturated rings. The van der Waals surface area contributed by atoms with Crippen LogP contribution in [0.15, 0.2) is 53.1 Å². The summed E-state index contributed by atoms with van der Waals surface area (Å²) >= 11 is 0. The number of nitrogens with one attached hydrogen (secondary N) is 2. The summed E-state index contributed by atoms with van der Waals surface area (Å²) in [7, 11) is 0. The second-order valence-electron chi connectivity index (χ2n) is 7.21. The van der Waals surface area contributed by atoms with Crippen molar-refractivity contribution in [2.45, 2.75) is 6.92 Å². The Hall–Kier alpha value is -3.65. The average Bonchev–Trinajstić information content (AvgIpc) is 3.40. The van der Waals surface area contributed by atoms with Gasteiger partial charge in [0.2, 0.25) is 0 Å². The number of ether oxygens (including phenoxy) is 1. The van der Waals surface area contributed by atoms with Crippen molar-refractivity contribution in [1.29, 1.82) is 0 Å². The lowest BCUT2D eigenvalue weighted by Gasteiger charge is -2.29. The third-order valence-corrected chi connectivity index (χ3v) is 5.12. The number of anilines is 2. The SMILES string of the molecule is Cc1cc(NC(=O)c2cccc3[nH]c(-c4cccc(N5CCOCC5)c4)nc23)no1. The number of carbonyl (C=O) groups is 1. The molecule has 5 rings (SSSR count). The van der Waals surface area contributed by atoms with E-state index in [2.05, 4.69) is 32.5 Å². The summed E-state index contributed by atoms with van der Waals surface area (Å²) in [6, 6.07) is 15.4. The van der Waals surface area contributed by atoms with Crippen LogP contribution in [0.2, 0.25) is 0 Å². The smallest absolute Gasteiger partial charge is 0.259 e. The molecule has 0 saturated carbocycles. The van der Waals surface area contributed by atoms with E-state index < -0.39 is 0 Å². The van der Waals surface area contributed by atoms with Gasteiger partial charge in [-0.25, -0.2) is 4.98 Å². The van der Waals surface area contributed by atoms with Crippen molar-refractivity contribution < 1.29 is 14.1 Å². The third-order valence-electron chi connectivity index (χ3n) is 5.12. The normalized spacial score (nSPS) is 14.2. The molecule has 0 aliphatic carbocycles. The Morgan fingerprint density at radius 3 is 2.77 bits per heavy atom. The zero-order valence-corrected chi connectivity index (χ0v) is 16.5. The Labute approximate surface area is 172 Å². The van der Waals surface area contributed by atoms with E-state index in [9.17, 15) is 4.79 Å². The number of aromatic nitrogens is 3. The van der Waals surface area contributed by atoms with Crippen molar-refractivity contribution in [1.82, 2.24) is 15.1 Å². The fourth-order valence-electron chi connectivity index (χ4n) is 3.63. The molecule has 2 aromatic heterocycles. The number of aromatic amines is 1. The maximum absolute atomic E-state index is 12.8. The molecular formula is C22H21N5O3. The monoisotopic (exact) mass is 403 g/mol. The topological polar surface area (TPSA) is 96.3 Å². The van der Waals surface area contributed by atoms with Gasteiger partial charge in [-0.05, 0) is 31.2 Å². The first kappa shape index (κ1) is 18.4. The molecule has 2 aromatic carbocycles. The highest BCUT2D eigenvalue weighted by Gasteiger charge is 2.17. The van der Waals surface area contributed by atoms with Gasteiger partial charge in [-0.2, -0.15) is 0 Å². The summed E-state index contributed by atoms with van der Waals surface area (Å²) in [6.07, 6.45) is 0. The van der Waals surface area contributed by atoms with Crippen molar-refractivity contribution in [3.63, 3.8) is 0 Å². The third kappa shape index (κ3) is 3.53. The number of H-pyrrole nitrogens is 1. The van der Waals surface area contributed by atoms with E-state index >= 15 is 0 Å². The number of carbonyl (C=O) groups excluding carboxylic acids is 1. The quantitative estimate of drug-likeness (QED) is 0.540. The maximum Gasteiger partial charge on any atom is 0.259 e. The summed E-state index contributed by atoms with van der Waals surface area (Å²) in [4.78, 5) is 23.1. The summed E-state index contributed by atoms with van der Waals surface area (Å²) in [5, 5.41) is 6.58. The Morgan fingerprint density at radius 2 is 1.97 bits per heavy atom. The van der Waals surface area contributed by atoms with Gasteiger partial charge in [-0.15, -0.1) is 0 Å². The molecular weight excluding hydrogens is 382 g/mol. The number of nitrogens with zero attached hydrogens (tertiary/aromatic N) is 3. The van der Waals surface area contributed by atoms with Crippen molar-refractivity contribution >= 4 is 28.4 Å². The van der Waals surface area contributed by atoms with Crippen LogP contribution in [-0.4, -0.2) is 47.3 Å². The zero-order valence-electron chi connectivity index (χ0n) is 16.5. The number of amides is 1. The van der Waals surface area contributed by atoms with Gasteiger partial charge in [0.1, 0.15) is 17.1 Å². The molecule has 1 saturated heterocycles. The molecule has 30 heavy (non-hydrogen) atoms. The summed E-state index contributed by atoms with van der Waals surface area (Å²) < 4.78 is 10.5. The van der Waals surface area contributed by atoms with Crippen LogP contribution >= 0.6 is 0 Å². The van der Waals surface area contributed by atoms with E-state index in [1.807, 2.05) is 24.3 Å². The number of aryl methyl sites for hydroxylation is 1. The van der Waals surface area contributed by atoms with Crippen molar-refractivity contribution in [3.8, 4) is 11.4 Å².